The largest absolute Gasteiger partial charge is 0.301 e. The highest BCUT2D eigenvalue weighted by Crippen LogP contribution is 2.04. The summed E-state index contributed by atoms with van der Waals surface area (Å²) < 4.78 is 0. The molecule has 25 heavy (non-hydrogen) atoms. The smallest absolute Gasteiger partial charge is 0.0133 e. The van der Waals surface area contributed by atoms with Gasteiger partial charge in [-0.15, -0.1) is 0 Å². The van der Waals surface area contributed by atoms with E-state index in [1.54, 1.807) is 0 Å². The second-order valence-corrected chi connectivity index (χ2v) is 7.64. The second-order valence-electron chi connectivity index (χ2n) is 7.64. The van der Waals surface area contributed by atoms with Gasteiger partial charge in [0.25, 0.3) is 0 Å². The number of hydrogen-bond acceptors (Lipinski definition) is 4. The fraction of sp³-hybridized carbons (Fsp3) is 1.00. The zero-order valence-corrected chi connectivity index (χ0v) is 17.0. The van der Waals surface area contributed by atoms with Crippen molar-refractivity contribution in [2.75, 3.05) is 91.6 Å². The standard InChI is InChI=1S/C20H42N5/c1-3-22-13-17-24(18-14-22)11-7-5-9-21-10-6-8-12-25-19-15-23(4-2)16-20-25/h3-20H2,1-2H3. The van der Waals surface area contributed by atoms with Crippen LogP contribution in [0.15, 0.2) is 0 Å². The summed E-state index contributed by atoms with van der Waals surface area (Å²) in [5.41, 5.74) is 0. The summed E-state index contributed by atoms with van der Waals surface area (Å²) in [7, 11) is 0. The molecule has 0 atom stereocenters. The van der Waals surface area contributed by atoms with E-state index in [9.17, 15) is 0 Å². The maximum Gasteiger partial charge on any atom is 0.0133 e. The Labute approximate surface area is 156 Å². The minimum atomic E-state index is 1.07. The molecule has 2 rings (SSSR count). The molecule has 2 heterocycles. The molecule has 0 N–H and O–H groups in total. The molecule has 5 heteroatoms. The summed E-state index contributed by atoms with van der Waals surface area (Å²) in [5, 5.41) is 4.73. The number of hydrogen-bond donors (Lipinski definition) is 0. The monoisotopic (exact) mass is 352 g/mol. The number of piperazine rings is 2. The molecular formula is C20H42N5. The minimum Gasteiger partial charge on any atom is -0.301 e. The molecule has 147 valence electrons. The van der Waals surface area contributed by atoms with E-state index in [4.69, 9.17) is 5.32 Å². The molecule has 2 saturated heterocycles. The average molecular weight is 353 g/mol. The molecule has 0 amide bonds. The fourth-order valence-electron chi connectivity index (χ4n) is 3.89. The lowest BCUT2D eigenvalue weighted by atomic mass is 10.2. The molecule has 2 aliphatic heterocycles. The molecule has 2 fully saturated rings. The van der Waals surface area contributed by atoms with Crippen LogP contribution in [0, 0.1) is 0 Å². The maximum atomic E-state index is 4.73. The highest BCUT2D eigenvalue weighted by Gasteiger charge is 2.15. The third kappa shape index (κ3) is 8.83. The van der Waals surface area contributed by atoms with Crippen molar-refractivity contribution in [3.63, 3.8) is 0 Å². The van der Waals surface area contributed by atoms with E-state index in [0.717, 1.165) is 13.1 Å². The SMILES string of the molecule is CCN1CCN(CCCC[N]CCCCN2CCN(CC)CC2)CC1. The van der Waals surface area contributed by atoms with Gasteiger partial charge in [-0.2, -0.15) is 0 Å². The fourth-order valence-corrected chi connectivity index (χ4v) is 3.89. The van der Waals surface area contributed by atoms with E-state index in [1.807, 2.05) is 0 Å². The average Bonchev–Trinajstić information content (AvgIpc) is 2.67. The van der Waals surface area contributed by atoms with Crippen molar-refractivity contribution in [3.8, 4) is 0 Å². The van der Waals surface area contributed by atoms with Crippen LogP contribution in [0.4, 0.5) is 0 Å². The lowest BCUT2D eigenvalue weighted by Crippen LogP contribution is -2.46. The molecule has 1 radical (unpaired) electrons. The van der Waals surface area contributed by atoms with Crippen LogP contribution >= 0.6 is 0 Å². The van der Waals surface area contributed by atoms with Crippen molar-refractivity contribution in [3.05, 3.63) is 0 Å². The minimum absolute atomic E-state index is 1.07. The van der Waals surface area contributed by atoms with Crippen LogP contribution in [0.2, 0.25) is 0 Å². The molecule has 2 aliphatic rings. The van der Waals surface area contributed by atoms with Gasteiger partial charge in [0.15, 0.2) is 0 Å². The molecule has 0 aromatic carbocycles. The van der Waals surface area contributed by atoms with Crippen molar-refractivity contribution >= 4 is 0 Å². The maximum absolute atomic E-state index is 4.73. The van der Waals surface area contributed by atoms with E-state index >= 15 is 0 Å². The first-order chi connectivity index (χ1) is 12.3. The van der Waals surface area contributed by atoms with Gasteiger partial charge in [-0.1, -0.05) is 13.8 Å². The number of nitrogens with zero attached hydrogens (tertiary/aromatic N) is 5. The van der Waals surface area contributed by atoms with E-state index in [-0.39, 0.29) is 0 Å². The van der Waals surface area contributed by atoms with Crippen LogP contribution in [0.1, 0.15) is 39.5 Å². The first-order valence-corrected chi connectivity index (χ1v) is 10.8. The van der Waals surface area contributed by atoms with Gasteiger partial charge in [0.1, 0.15) is 0 Å². The van der Waals surface area contributed by atoms with Crippen molar-refractivity contribution in [2.45, 2.75) is 39.5 Å². The Morgan fingerprint density at radius 1 is 0.520 bits per heavy atom. The van der Waals surface area contributed by atoms with E-state index in [2.05, 4.69) is 33.4 Å². The zero-order chi connectivity index (χ0) is 17.7. The van der Waals surface area contributed by atoms with E-state index < -0.39 is 0 Å². The Kier molecular flexibility index (Phi) is 11.0. The lowest BCUT2D eigenvalue weighted by molar-refractivity contribution is 0.135. The van der Waals surface area contributed by atoms with Crippen LogP contribution in [0.5, 0.6) is 0 Å². The van der Waals surface area contributed by atoms with Gasteiger partial charge in [0, 0.05) is 65.4 Å². The molecular weight excluding hydrogens is 310 g/mol. The summed E-state index contributed by atoms with van der Waals surface area (Å²) in [5.74, 6) is 0. The Morgan fingerprint density at radius 2 is 0.880 bits per heavy atom. The predicted octanol–water partition coefficient (Wildman–Crippen LogP) is 1.43. The highest BCUT2D eigenvalue weighted by molar-refractivity contribution is 4.72. The lowest BCUT2D eigenvalue weighted by Gasteiger charge is -2.34. The Balaban J connectivity index is 1.32. The van der Waals surface area contributed by atoms with Gasteiger partial charge in [0.2, 0.25) is 0 Å². The number of unbranched alkanes of at least 4 members (excludes halogenated alkanes) is 2. The van der Waals surface area contributed by atoms with Crippen molar-refractivity contribution in [2.24, 2.45) is 0 Å². The molecule has 5 nitrogen and oxygen atoms in total. The Morgan fingerprint density at radius 3 is 1.24 bits per heavy atom. The molecule has 0 saturated carbocycles. The van der Waals surface area contributed by atoms with Gasteiger partial charge >= 0.3 is 0 Å². The van der Waals surface area contributed by atoms with Crippen LogP contribution in [0.3, 0.4) is 0 Å². The van der Waals surface area contributed by atoms with E-state index in [0.29, 0.717) is 0 Å². The molecule has 0 spiro atoms. The zero-order valence-electron chi connectivity index (χ0n) is 17.0. The predicted molar refractivity (Wildman–Crippen MR) is 107 cm³/mol. The van der Waals surface area contributed by atoms with E-state index in [1.165, 1.54) is 104 Å². The van der Waals surface area contributed by atoms with Crippen molar-refractivity contribution in [1.29, 1.82) is 0 Å². The summed E-state index contributed by atoms with van der Waals surface area (Å²) in [4.78, 5) is 10.4. The third-order valence-electron chi connectivity index (χ3n) is 5.91. The summed E-state index contributed by atoms with van der Waals surface area (Å²) >= 11 is 0. The summed E-state index contributed by atoms with van der Waals surface area (Å²) in [6.45, 7) is 21.7. The van der Waals surface area contributed by atoms with Gasteiger partial charge in [-0.25, -0.2) is 5.32 Å². The Hall–Kier alpha value is -0.200. The van der Waals surface area contributed by atoms with Crippen molar-refractivity contribution in [1.82, 2.24) is 24.9 Å². The number of rotatable bonds is 12. The van der Waals surface area contributed by atoms with Gasteiger partial charge in [0.05, 0.1) is 0 Å². The molecule has 0 unspecified atom stereocenters. The Bertz CT molecular complexity index is 279. The van der Waals surface area contributed by atoms with Crippen LogP contribution in [-0.2, 0) is 0 Å². The van der Waals surface area contributed by atoms with Crippen molar-refractivity contribution < 1.29 is 0 Å². The van der Waals surface area contributed by atoms with Crippen LogP contribution in [-0.4, -0.2) is 111 Å². The van der Waals surface area contributed by atoms with Gasteiger partial charge < -0.3 is 19.6 Å². The normalized spacial score (nSPS) is 21.8. The number of likely N-dealkylation sites (N-methyl/N-ethyl adjacent to an activating group) is 2. The van der Waals surface area contributed by atoms with Crippen LogP contribution in [0.25, 0.3) is 0 Å². The first-order valence-electron chi connectivity index (χ1n) is 10.8. The molecule has 0 aliphatic carbocycles. The van der Waals surface area contributed by atoms with Gasteiger partial charge in [-0.05, 0) is 51.9 Å². The molecule has 0 aromatic heterocycles. The summed E-state index contributed by atoms with van der Waals surface area (Å²) in [6, 6.07) is 0. The first kappa shape index (κ1) is 21.1. The highest BCUT2D eigenvalue weighted by atomic mass is 15.3. The van der Waals surface area contributed by atoms with Crippen LogP contribution < -0.4 is 5.32 Å². The molecule has 0 aromatic rings. The third-order valence-corrected chi connectivity index (χ3v) is 5.91. The molecule has 0 bridgehead atoms. The topological polar surface area (TPSA) is 27.1 Å². The summed E-state index contributed by atoms with van der Waals surface area (Å²) in [6.07, 6.45) is 5.18. The second kappa shape index (κ2) is 13.0. The van der Waals surface area contributed by atoms with Gasteiger partial charge in [-0.3, -0.25) is 0 Å². The quantitative estimate of drug-likeness (QED) is 0.497.